The summed E-state index contributed by atoms with van der Waals surface area (Å²) in [6.07, 6.45) is -0.0706. The first kappa shape index (κ1) is 14.0. The van der Waals surface area contributed by atoms with Gasteiger partial charge in [0.1, 0.15) is 11.5 Å². The van der Waals surface area contributed by atoms with Crippen LogP contribution in [0.2, 0.25) is 0 Å². The van der Waals surface area contributed by atoms with E-state index in [2.05, 4.69) is 0 Å². The first-order valence-electron chi connectivity index (χ1n) is 5.47. The number of methoxy groups -OCH3 is 2. The first-order valence-corrected chi connectivity index (χ1v) is 5.47. The van der Waals surface area contributed by atoms with Crippen molar-refractivity contribution in [2.24, 2.45) is 5.92 Å². The van der Waals surface area contributed by atoms with E-state index in [0.29, 0.717) is 17.1 Å². The average molecular weight is 252 g/mol. The van der Waals surface area contributed by atoms with Gasteiger partial charge in [-0.15, -0.1) is 0 Å². The average Bonchev–Trinajstić information content (AvgIpc) is 2.37. The number of benzene rings is 1. The minimum Gasteiger partial charge on any atom is -0.497 e. The van der Waals surface area contributed by atoms with Crippen LogP contribution in [0.15, 0.2) is 18.2 Å². The molecule has 1 N–H and O–H groups in total. The minimum atomic E-state index is -0.995. The third kappa shape index (κ3) is 3.23. The molecule has 1 atom stereocenters. The summed E-state index contributed by atoms with van der Waals surface area (Å²) in [4.78, 5) is 22.7. The fourth-order valence-corrected chi connectivity index (χ4v) is 1.51. The monoisotopic (exact) mass is 252 g/mol. The van der Waals surface area contributed by atoms with Crippen LogP contribution in [0.25, 0.3) is 0 Å². The van der Waals surface area contributed by atoms with E-state index in [1.807, 2.05) is 0 Å². The molecule has 0 saturated carbocycles. The van der Waals surface area contributed by atoms with Gasteiger partial charge in [-0.25, -0.2) is 0 Å². The largest absolute Gasteiger partial charge is 0.497 e. The molecule has 0 amide bonds. The number of ether oxygens (including phenoxy) is 2. The summed E-state index contributed by atoms with van der Waals surface area (Å²) in [5.41, 5.74) is 0.338. The number of rotatable bonds is 6. The molecule has 1 rings (SSSR count). The smallest absolute Gasteiger partial charge is 0.306 e. The van der Waals surface area contributed by atoms with Gasteiger partial charge in [0, 0.05) is 6.42 Å². The van der Waals surface area contributed by atoms with E-state index in [4.69, 9.17) is 14.6 Å². The van der Waals surface area contributed by atoms with E-state index >= 15 is 0 Å². The lowest BCUT2D eigenvalue weighted by Crippen LogP contribution is -2.15. The maximum Gasteiger partial charge on any atom is 0.306 e. The number of carboxylic acids is 1. The lowest BCUT2D eigenvalue weighted by atomic mass is 9.99. The summed E-state index contributed by atoms with van der Waals surface area (Å²) in [5.74, 6) is -1.06. The number of ketones is 1. The quantitative estimate of drug-likeness (QED) is 0.784. The Bertz CT molecular complexity index is 453. The van der Waals surface area contributed by atoms with Gasteiger partial charge >= 0.3 is 5.97 Å². The van der Waals surface area contributed by atoms with E-state index < -0.39 is 11.9 Å². The van der Waals surface area contributed by atoms with Crippen molar-refractivity contribution in [2.75, 3.05) is 14.2 Å². The minimum absolute atomic E-state index is 0.0706. The number of carbonyl (C=O) groups is 2. The Kier molecular flexibility index (Phi) is 4.71. The Labute approximate surface area is 105 Å². The lowest BCUT2D eigenvalue weighted by Gasteiger charge is -2.11. The Morgan fingerprint density at radius 2 is 1.94 bits per heavy atom. The van der Waals surface area contributed by atoms with Crippen molar-refractivity contribution in [2.45, 2.75) is 13.3 Å². The third-order valence-corrected chi connectivity index (χ3v) is 2.62. The molecule has 0 spiro atoms. The normalized spacial score (nSPS) is 11.7. The number of carboxylic acid groups (broad SMARTS) is 1. The highest BCUT2D eigenvalue weighted by atomic mass is 16.5. The second-order valence-electron chi connectivity index (χ2n) is 3.93. The Morgan fingerprint density at radius 3 is 2.44 bits per heavy atom. The molecule has 0 aliphatic carbocycles. The van der Waals surface area contributed by atoms with Crippen molar-refractivity contribution in [3.63, 3.8) is 0 Å². The van der Waals surface area contributed by atoms with Gasteiger partial charge in [-0.1, -0.05) is 6.92 Å². The maximum atomic E-state index is 12.0. The summed E-state index contributed by atoms with van der Waals surface area (Å²) in [7, 11) is 2.95. The van der Waals surface area contributed by atoms with Crippen LogP contribution in [0.1, 0.15) is 23.7 Å². The molecule has 0 radical (unpaired) electrons. The van der Waals surface area contributed by atoms with Gasteiger partial charge in [0.25, 0.3) is 0 Å². The predicted molar refractivity (Wildman–Crippen MR) is 65.3 cm³/mol. The fraction of sp³-hybridized carbons (Fsp3) is 0.385. The van der Waals surface area contributed by atoms with Crippen LogP contribution in [0.5, 0.6) is 11.5 Å². The zero-order valence-electron chi connectivity index (χ0n) is 10.6. The third-order valence-electron chi connectivity index (χ3n) is 2.62. The standard InChI is InChI=1S/C13H16O5/c1-8(13(15)16)6-11(14)10-7-9(17-2)4-5-12(10)18-3/h4-5,7-8H,6H2,1-3H3,(H,15,16). The molecule has 0 saturated heterocycles. The Morgan fingerprint density at radius 1 is 1.28 bits per heavy atom. The molecule has 98 valence electrons. The molecule has 5 heteroatoms. The zero-order chi connectivity index (χ0) is 13.7. The summed E-state index contributed by atoms with van der Waals surface area (Å²) < 4.78 is 10.1. The van der Waals surface area contributed by atoms with Gasteiger partial charge in [-0.2, -0.15) is 0 Å². The molecule has 1 aromatic carbocycles. The fourth-order valence-electron chi connectivity index (χ4n) is 1.51. The first-order chi connectivity index (χ1) is 8.49. The maximum absolute atomic E-state index is 12.0. The van der Waals surface area contributed by atoms with Crippen molar-refractivity contribution in [1.29, 1.82) is 0 Å². The second kappa shape index (κ2) is 6.05. The van der Waals surface area contributed by atoms with Gasteiger partial charge in [-0.05, 0) is 18.2 Å². The zero-order valence-corrected chi connectivity index (χ0v) is 10.6. The molecule has 18 heavy (non-hydrogen) atoms. The van der Waals surface area contributed by atoms with Crippen LogP contribution < -0.4 is 9.47 Å². The van der Waals surface area contributed by atoms with Crippen molar-refractivity contribution >= 4 is 11.8 Å². The molecule has 0 heterocycles. The number of aliphatic carboxylic acids is 1. The van der Waals surface area contributed by atoms with Crippen LogP contribution >= 0.6 is 0 Å². The molecule has 0 aliphatic rings. The molecule has 0 bridgehead atoms. The number of Topliss-reactive ketones (excluding diaryl/α,β-unsaturated/α-hetero) is 1. The van der Waals surface area contributed by atoms with Crippen molar-refractivity contribution in [3.8, 4) is 11.5 Å². The van der Waals surface area contributed by atoms with Crippen molar-refractivity contribution < 1.29 is 24.2 Å². The van der Waals surface area contributed by atoms with E-state index in [0.717, 1.165) is 0 Å². The summed E-state index contributed by atoms with van der Waals surface area (Å²) in [5, 5.41) is 8.80. The second-order valence-corrected chi connectivity index (χ2v) is 3.93. The number of hydrogen-bond acceptors (Lipinski definition) is 4. The summed E-state index contributed by atoms with van der Waals surface area (Å²) in [6.45, 7) is 1.49. The Balaban J connectivity index is 2.99. The van der Waals surface area contributed by atoms with E-state index in [1.165, 1.54) is 21.1 Å². The molecule has 0 aliphatic heterocycles. The molecule has 1 unspecified atom stereocenters. The van der Waals surface area contributed by atoms with Gasteiger partial charge in [0.05, 0.1) is 25.7 Å². The predicted octanol–water partition coefficient (Wildman–Crippen LogP) is 2.00. The van der Waals surface area contributed by atoms with Gasteiger partial charge < -0.3 is 14.6 Å². The SMILES string of the molecule is COc1ccc(OC)c(C(=O)CC(C)C(=O)O)c1. The van der Waals surface area contributed by atoms with Crippen LogP contribution in [-0.2, 0) is 4.79 Å². The lowest BCUT2D eigenvalue weighted by molar-refractivity contribution is -0.141. The molecule has 5 nitrogen and oxygen atoms in total. The van der Waals surface area contributed by atoms with E-state index in [1.54, 1.807) is 18.2 Å². The van der Waals surface area contributed by atoms with Gasteiger partial charge in [0.15, 0.2) is 5.78 Å². The highest BCUT2D eigenvalue weighted by Gasteiger charge is 2.20. The Hall–Kier alpha value is -2.04. The van der Waals surface area contributed by atoms with Crippen molar-refractivity contribution in [1.82, 2.24) is 0 Å². The summed E-state index contributed by atoms with van der Waals surface area (Å²) in [6, 6.07) is 4.85. The van der Waals surface area contributed by atoms with E-state index in [-0.39, 0.29) is 12.2 Å². The van der Waals surface area contributed by atoms with Crippen LogP contribution in [-0.4, -0.2) is 31.1 Å². The molecular weight excluding hydrogens is 236 g/mol. The highest BCUT2D eigenvalue weighted by Crippen LogP contribution is 2.26. The van der Waals surface area contributed by atoms with Crippen LogP contribution in [0.4, 0.5) is 0 Å². The van der Waals surface area contributed by atoms with Crippen LogP contribution in [0.3, 0.4) is 0 Å². The summed E-state index contributed by atoms with van der Waals surface area (Å²) >= 11 is 0. The van der Waals surface area contributed by atoms with Gasteiger partial charge in [0.2, 0.25) is 0 Å². The number of carbonyl (C=O) groups excluding carboxylic acids is 1. The van der Waals surface area contributed by atoms with Crippen LogP contribution in [0, 0.1) is 5.92 Å². The highest BCUT2D eigenvalue weighted by molar-refractivity contribution is 6.00. The molecule has 0 fully saturated rings. The van der Waals surface area contributed by atoms with E-state index in [9.17, 15) is 9.59 Å². The topological polar surface area (TPSA) is 72.8 Å². The number of hydrogen-bond donors (Lipinski definition) is 1. The molecular formula is C13H16O5. The molecule has 0 aromatic heterocycles. The van der Waals surface area contributed by atoms with Crippen molar-refractivity contribution in [3.05, 3.63) is 23.8 Å². The molecule has 1 aromatic rings. The van der Waals surface area contributed by atoms with Gasteiger partial charge in [-0.3, -0.25) is 9.59 Å².